The molecule has 0 atom stereocenters. The van der Waals surface area contributed by atoms with E-state index in [1.807, 2.05) is 38.1 Å². The number of anilines is 1. The van der Waals surface area contributed by atoms with Crippen molar-refractivity contribution in [2.45, 2.75) is 33.6 Å². The molecule has 0 heterocycles. The van der Waals surface area contributed by atoms with Crippen molar-refractivity contribution in [2.24, 2.45) is 0 Å². The molecule has 0 saturated carbocycles. The number of hydrogen-bond acceptors (Lipinski definition) is 4. The Balaban J connectivity index is 1.91. The number of carbonyl (C=O) groups excluding carboxylic acids is 2. The second kappa shape index (κ2) is 11.0. The van der Waals surface area contributed by atoms with E-state index in [0.717, 1.165) is 12.8 Å². The maximum atomic E-state index is 12.4. The first-order chi connectivity index (χ1) is 13.6. The fourth-order valence-electron chi connectivity index (χ4n) is 2.70. The Morgan fingerprint density at radius 3 is 2.21 bits per heavy atom. The van der Waals surface area contributed by atoms with E-state index >= 15 is 0 Å². The van der Waals surface area contributed by atoms with Crippen molar-refractivity contribution in [3.8, 4) is 11.5 Å². The first-order valence-corrected chi connectivity index (χ1v) is 9.64. The van der Waals surface area contributed by atoms with Gasteiger partial charge in [0.2, 0.25) is 5.91 Å². The second-order valence-corrected chi connectivity index (χ2v) is 6.21. The van der Waals surface area contributed by atoms with Crippen LogP contribution in [-0.2, 0) is 11.2 Å². The Kier molecular flexibility index (Phi) is 8.34. The summed E-state index contributed by atoms with van der Waals surface area (Å²) in [6, 6.07) is 12.7. The molecule has 6 nitrogen and oxygen atoms in total. The summed E-state index contributed by atoms with van der Waals surface area (Å²) < 4.78 is 11.0. The number of carbonyl (C=O) groups is 2. The van der Waals surface area contributed by atoms with E-state index in [4.69, 9.17) is 9.47 Å². The summed E-state index contributed by atoms with van der Waals surface area (Å²) in [5.74, 6) is 0.462. The lowest BCUT2D eigenvalue weighted by Gasteiger charge is -2.12. The maximum absolute atomic E-state index is 12.4. The van der Waals surface area contributed by atoms with E-state index in [1.54, 1.807) is 18.2 Å². The van der Waals surface area contributed by atoms with Crippen molar-refractivity contribution in [3.63, 3.8) is 0 Å². The zero-order chi connectivity index (χ0) is 20.4. The lowest BCUT2D eigenvalue weighted by molar-refractivity contribution is -0.115. The minimum absolute atomic E-state index is 0.118. The first-order valence-electron chi connectivity index (χ1n) is 9.64. The Morgan fingerprint density at radius 2 is 1.57 bits per heavy atom. The number of nitrogens with one attached hydrogen (secondary N) is 2. The third-order valence-electron chi connectivity index (χ3n) is 3.99. The number of rotatable bonds is 10. The highest BCUT2D eigenvalue weighted by Gasteiger charge is 2.12. The van der Waals surface area contributed by atoms with E-state index < -0.39 is 0 Å². The van der Waals surface area contributed by atoms with Gasteiger partial charge in [0.1, 0.15) is 0 Å². The van der Waals surface area contributed by atoms with Crippen molar-refractivity contribution < 1.29 is 19.1 Å². The molecule has 0 unspecified atom stereocenters. The zero-order valence-electron chi connectivity index (χ0n) is 16.7. The predicted octanol–water partition coefficient (Wildman–Crippen LogP) is 3.81. The minimum atomic E-state index is -0.350. The summed E-state index contributed by atoms with van der Waals surface area (Å²) >= 11 is 0. The summed E-state index contributed by atoms with van der Waals surface area (Å²) in [5, 5.41) is 5.40. The van der Waals surface area contributed by atoms with Gasteiger partial charge < -0.3 is 20.1 Å². The third-order valence-corrected chi connectivity index (χ3v) is 3.99. The number of amides is 2. The molecule has 2 aromatic rings. The fraction of sp³-hybridized carbons (Fsp3) is 0.364. The molecule has 2 N–H and O–H groups in total. The van der Waals surface area contributed by atoms with Crippen LogP contribution >= 0.6 is 0 Å². The number of benzene rings is 2. The lowest BCUT2D eigenvalue weighted by Crippen LogP contribution is -2.32. The van der Waals surface area contributed by atoms with Gasteiger partial charge in [-0.3, -0.25) is 9.59 Å². The first kappa shape index (κ1) is 21.3. The molecule has 6 heteroatoms. The molecule has 0 aliphatic carbocycles. The third kappa shape index (κ3) is 6.30. The van der Waals surface area contributed by atoms with Gasteiger partial charge in [-0.25, -0.2) is 0 Å². The molecule has 0 radical (unpaired) electrons. The molecule has 28 heavy (non-hydrogen) atoms. The largest absolute Gasteiger partial charge is 0.490 e. The summed E-state index contributed by atoms with van der Waals surface area (Å²) in [4.78, 5) is 24.5. The Bertz CT molecular complexity index is 788. The SMILES string of the molecule is CCCc1ccc(NC(=O)CNC(=O)c2ccc(OCC)c(OCC)c2)cc1. The lowest BCUT2D eigenvalue weighted by atomic mass is 10.1. The molecule has 2 amide bonds. The van der Waals surface area contributed by atoms with Gasteiger partial charge in [-0.15, -0.1) is 0 Å². The van der Waals surface area contributed by atoms with Crippen LogP contribution in [0.1, 0.15) is 43.1 Å². The Hall–Kier alpha value is -3.02. The van der Waals surface area contributed by atoms with Gasteiger partial charge >= 0.3 is 0 Å². The van der Waals surface area contributed by atoms with Gasteiger partial charge in [-0.2, -0.15) is 0 Å². The molecule has 0 aliphatic heterocycles. The molecule has 0 saturated heterocycles. The maximum Gasteiger partial charge on any atom is 0.251 e. The van der Waals surface area contributed by atoms with Crippen molar-refractivity contribution >= 4 is 17.5 Å². The number of hydrogen-bond donors (Lipinski definition) is 2. The van der Waals surface area contributed by atoms with Gasteiger partial charge in [-0.1, -0.05) is 25.5 Å². The standard InChI is InChI=1S/C22H28N2O4/c1-4-7-16-8-11-18(12-9-16)24-21(25)15-23-22(26)17-10-13-19(27-5-2)20(14-17)28-6-3/h8-14H,4-7,15H2,1-3H3,(H,23,26)(H,24,25). The molecule has 150 valence electrons. The highest BCUT2D eigenvalue weighted by atomic mass is 16.5. The van der Waals surface area contributed by atoms with Crippen LogP contribution in [0.2, 0.25) is 0 Å². The summed E-state index contributed by atoms with van der Waals surface area (Å²) in [6.45, 7) is 6.72. The Labute approximate surface area is 166 Å². The molecule has 0 spiro atoms. The van der Waals surface area contributed by atoms with Crippen molar-refractivity contribution in [2.75, 3.05) is 25.1 Å². The van der Waals surface area contributed by atoms with Crippen LogP contribution < -0.4 is 20.1 Å². The molecule has 2 aromatic carbocycles. The Morgan fingerprint density at radius 1 is 0.893 bits per heavy atom. The normalized spacial score (nSPS) is 10.2. The number of aryl methyl sites for hydroxylation is 1. The second-order valence-electron chi connectivity index (χ2n) is 6.21. The zero-order valence-corrected chi connectivity index (χ0v) is 16.7. The van der Waals surface area contributed by atoms with Gasteiger partial charge in [0.05, 0.1) is 19.8 Å². The molecule has 2 rings (SSSR count). The monoisotopic (exact) mass is 384 g/mol. The summed E-state index contributed by atoms with van der Waals surface area (Å²) in [5.41, 5.74) is 2.34. The average molecular weight is 384 g/mol. The van der Waals surface area contributed by atoms with E-state index in [2.05, 4.69) is 17.6 Å². The predicted molar refractivity (Wildman–Crippen MR) is 110 cm³/mol. The van der Waals surface area contributed by atoms with Crippen LogP contribution in [0, 0.1) is 0 Å². The van der Waals surface area contributed by atoms with Crippen molar-refractivity contribution in [1.82, 2.24) is 5.32 Å². The summed E-state index contributed by atoms with van der Waals surface area (Å²) in [6.07, 6.45) is 2.09. The highest BCUT2D eigenvalue weighted by molar-refractivity contribution is 5.99. The van der Waals surface area contributed by atoms with Gasteiger partial charge in [0.25, 0.3) is 5.91 Å². The van der Waals surface area contributed by atoms with Crippen LogP contribution in [0.3, 0.4) is 0 Å². The van der Waals surface area contributed by atoms with Gasteiger partial charge in [-0.05, 0) is 56.2 Å². The van der Waals surface area contributed by atoms with Crippen molar-refractivity contribution in [1.29, 1.82) is 0 Å². The van der Waals surface area contributed by atoms with E-state index in [9.17, 15) is 9.59 Å². The quantitative estimate of drug-likeness (QED) is 0.653. The van der Waals surface area contributed by atoms with Gasteiger partial charge in [0, 0.05) is 11.3 Å². The molecule has 0 bridgehead atoms. The smallest absolute Gasteiger partial charge is 0.251 e. The van der Waals surface area contributed by atoms with E-state index in [1.165, 1.54) is 5.56 Å². The van der Waals surface area contributed by atoms with Crippen LogP contribution in [0.25, 0.3) is 0 Å². The van der Waals surface area contributed by atoms with Gasteiger partial charge in [0.15, 0.2) is 11.5 Å². The molecule has 0 fully saturated rings. The van der Waals surface area contributed by atoms with E-state index in [-0.39, 0.29) is 18.4 Å². The topological polar surface area (TPSA) is 76.7 Å². The summed E-state index contributed by atoms with van der Waals surface area (Å²) in [7, 11) is 0. The van der Waals surface area contributed by atoms with Crippen molar-refractivity contribution in [3.05, 3.63) is 53.6 Å². The molecular weight excluding hydrogens is 356 g/mol. The number of ether oxygens (including phenoxy) is 2. The molecule has 0 aromatic heterocycles. The van der Waals surface area contributed by atoms with Crippen LogP contribution in [0.5, 0.6) is 11.5 Å². The minimum Gasteiger partial charge on any atom is -0.490 e. The average Bonchev–Trinajstić information content (AvgIpc) is 2.69. The highest BCUT2D eigenvalue weighted by Crippen LogP contribution is 2.28. The van der Waals surface area contributed by atoms with Crippen LogP contribution in [0.4, 0.5) is 5.69 Å². The fourth-order valence-corrected chi connectivity index (χ4v) is 2.70. The van der Waals surface area contributed by atoms with Crippen LogP contribution in [0.15, 0.2) is 42.5 Å². The molecular formula is C22H28N2O4. The molecule has 0 aliphatic rings. The van der Waals surface area contributed by atoms with E-state index in [0.29, 0.717) is 36.0 Å². The van der Waals surface area contributed by atoms with Crippen LogP contribution in [-0.4, -0.2) is 31.6 Å².